The second kappa shape index (κ2) is 9.91. The molecule has 2 saturated heterocycles. The van der Waals surface area contributed by atoms with Crippen LogP contribution in [0.25, 0.3) is 11.0 Å². The number of nitrogens with zero attached hydrogens (tertiary/aromatic N) is 4. The van der Waals surface area contributed by atoms with Gasteiger partial charge in [-0.05, 0) is 56.2 Å². The Morgan fingerprint density at radius 1 is 1.15 bits per heavy atom. The molecule has 3 N–H and O–H groups in total. The van der Waals surface area contributed by atoms with Crippen LogP contribution in [0.4, 0.5) is 0 Å². The van der Waals surface area contributed by atoms with Crippen molar-refractivity contribution in [2.24, 2.45) is 28.6 Å². The summed E-state index contributed by atoms with van der Waals surface area (Å²) in [4.78, 5) is 50.3. The first kappa shape index (κ1) is 26.3. The molecule has 2 aliphatic heterocycles. The number of aliphatic carboxylic acids is 1. The van der Waals surface area contributed by atoms with E-state index in [2.05, 4.69) is 27.8 Å². The third-order valence-corrected chi connectivity index (χ3v) is 9.21. The van der Waals surface area contributed by atoms with Crippen molar-refractivity contribution in [3.8, 4) is 0 Å². The van der Waals surface area contributed by atoms with Gasteiger partial charge in [0, 0.05) is 42.1 Å². The summed E-state index contributed by atoms with van der Waals surface area (Å²) < 4.78 is 1.71. The molecule has 10 heteroatoms. The minimum absolute atomic E-state index is 0.125. The first-order chi connectivity index (χ1) is 19.2. The highest BCUT2D eigenvalue weighted by Crippen LogP contribution is 2.62. The average Bonchev–Trinajstić information content (AvgIpc) is 2.87. The third kappa shape index (κ3) is 4.20. The van der Waals surface area contributed by atoms with Crippen molar-refractivity contribution < 1.29 is 19.5 Å². The number of carbonyl (C=O) groups excluding carboxylic acids is 1. The molecule has 210 valence electrons. The molecule has 0 spiro atoms. The number of piperidine rings is 2. The average molecular weight is 546 g/mol. The van der Waals surface area contributed by atoms with E-state index in [1.165, 1.54) is 17.6 Å². The SMILES string of the molecule is C=C1C2CC1C2=CN1[C@@H]2CCC[C@H]1CC(n1c(=O)c(/C(=N/OC(C(N)=O)C(C)C)C(=O)O)nc3ccccc31)C2. The number of carboxylic acid groups (broad SMARTS) is 1. The van der Waals surface area contributed by atoms with Crippen molar-refractivity contribution in [3.63, 3.8) is 0 Å². The van der Waals surface area contributed by atoms with Crippen molar-refractivity contribution in [2.75, 3.05) is 0 Å². The molecule has 0 radical (unpaired) electrons. The zero-order valence-electron chi connectivity index (χ0n) is 22.8. The van der Waals surface area contributed by atoms with E-state index in [1.54, 1.807) is 30.5 Å². The van der Waals surface area contributed by atoms with Gasteiger partial charge in [-0.1, -0.05) is 43.3 Å². The van der Waals surface area contributed by atoms with E-state index < -0.39 is 29.3 Å². The van der Waals surface area contributed by atoms with Crippen LogP contribution in [-0.2, 0) is 14.4 Å². The first-order valence-corrected chi connectivity index (χ1v) is 14.1. The van der Waals surface area contributed by atoms with E-state index in [4.69, 9.17) is 10.6 Å². The Kier molecular flexibility index (Phi) is 6.51. The van der Waals surface area contributed by atoms with Gasteiger partial charge < -0.3 is 25.1 Å². The van der Waals surface area contributed by atoms with Gasteiger partial charge in [-0.25, -0.2) is 9.78 Å². The van der Waals surface area contributed by atoms with Crippen LogP contribution in [0, 0.1) is 17.8 Å². The van der Waals surface area contributed by atoms with Gasteiger partial charge in [-0.3, -0.25) is 9.59 Å². The number of oxime groups is 1. The number of allylic oxidation sites excluding steroid dienone is 2. The number of hydrogen-bond donors (Lipinski definition) is 2. The zero-order chi connectivity index (χ0) is 28.3. The minimum Gasteiger partial charge on any atom is -0.476 e. The van der Waals surface area contributed by atoms with Crippen LogP contribution in [0.2, 0.25) is 0 Å². The van der Waals surface area contributed by atoms with Gasteiger partial charge in [-0.15, -0.1) is 0 Å². The molecular weight excluding hydrogens is 510 g/mol. The van der Waals surface area contributed by atoms with Gasteiger partial charge in [0.15, 0.2) is 5.69 Å². The van der Waals surface area contributed by atoms with Gasteiger partial charge in [0.2, 0.25) is 11.8 Å². The largest absolute Gasteiger partial charge is 0.476 e. The molecule has 3 saturated carbocycles. The Balaban J connectivity index is 1.38. The van der Waals surface area contributed by atoms with Crippen molar-refractivity contribution in [2.45, 2.75) is 76.6 Å². The predicted octanol–water partition coefficient (Wildman–Crippen LogP) is 3.36. The Morgan fingerprint density at radius 2 is 1.82 bits per heavy atom. The number of para-hydroxylation sites is 2. The van der Waals surface area contributed by atoms with Crippen molar-refractivity contribution in [3.05, 3.63) is 64.2 Å². The molecular formula is C30H35N5O5. The molecule has 7 rings (SSSR count). The maximum absolute atomic E-state index is 14.0. The van der Waals surface area contributed by atoms with E-state index >= 15 is 0 Å². The molecule has 2 aromatic rings. The number of benzene rings is 1. The van der Waals surface area contributed by atoms with Crippen LogP contribution in [0.3, 0.4) is 0 Å². The molecule has 5 aliphatic rings. The maximum Gasteiger partial charge on any atom is 0.360 e. The predicted molar refractivity (Wildman–Crippen MR) is 149 cm³/mol. The fourth-order valence-corrected chi connectivity index (χ4v) is 6.94. The molecule has 1 aromatic heterocycles. The lowest BCUT2D eigenvalue weighted by Crippen LogP contribution is -2.53. The summed E-state index contributed by atoms with van der Waals surface area (Å²) in [6.07, 6.45) is 7.28. The molecule has 5 fully saturated rings. The van der Waals surface area contributed by atoms with E-state index in [0.717, 1.165) is 32.1 Å². The normalized spacial score (nSPS) is 28.1. The summed E-state index contributed by atoms with van der Waals surface area (Å²) in [5.74, 6) is -1.49. The Labute approximate surface area is 232 Å². The van der Waals surface area contributed by atoms with Crippen LogP contribution in [0.5, 0.6) is 0 Å². The third-order valence-electron chi connectivity index (χ3n) is 9.21. The minimum atomic E-state index is -1.47. The summed E-state index contributed by atoms with van der Waals surface area (Å²) in [6.45, 7) is 7.59. The number of fused-ring (bicyclic) bond motifs is 3. The summed E-state index contributed by atoms with van der Waals surface area (Å²) in [7, 11) is 0. The van der Waals surface area contributed by atoms with Gasteiger partial charge in [-0.2, -0.15) is 0 Å². The monoisotopic (exact) mass is 545 g/mol. The summed E-state index contributed by atoms with van der Waals surface area (Å²) in [6, 6.07) is 7.74. The second-order valence-electron chi connectivity index (χ2n) is 11.9. The van der Waals surface area contributed by atoms with Crippen LogP contribution in [-0.4, -0.2) is 55.3 Å². The molecule has 4 bridgehead atoms. The smallest absolute Gasteiger partial charge is 0.360 e. The van der Waals surface area contributed by atoms with Crippen LogP contribution in [0.1, 0.15) is 64.1 Å². The number of amides is 1. The van der Waals surface area contributed by atoms with Crippen LogP contribution < -0.4 is 11.3 Å². The summed E-state index contributed by atoms with van der Waals surface area (Å²) in [5, 5.41) is 13.7. The molecule has 4 unspecified atom stereocenters. The Bertz CT molecular complexity index is 1500. The molecule has 1 amide bonds. The highest BCUT2D eigenvalue weighted by atomic mass is 16.6. The molecule has 40 heavy (non-hydrogen) atoms. The highest BCUT2D eigenvalue weighted by molar-refractivity contribution is 6.41. The Morgan fingerprint density at radius 3 is 2.40 bits per heavy atom. The van der Waals surface area contributed by atoms with Crippen molar-refractivity contribution >= 4 is 28.6 Å². The highest BCUT2D eigenvalue weighted by Gasteiger charge is 2.52. The van der Waals surface area contributed by atoms with E-state index in [9.17, 15) is 19.5 Å². The molecule has 6 atom stereocenters. The lowest BCUT2D eigenvalue weighted by atomic mass is 9.49. The molecule has 3 heterocycles. The van der Waals surface area contributed by atoms with Gasteiger partial charge in [0.05, 0.1) is 11.0 Å². The maximum atomic E-state index is 14.0. The van der Waals surface area contributed by atoms with Gasteiger partial charge in [0.1, 0.15) is 0 Å². The first-order valence-electron chi connectivity index (χ1n) is 14.1. The topological polar surface area (TPSA) is 140 Å². The van der Waals surface area contributed by atoms with Crippen molar-refractivity contribution in [1.29, 1.82) is 0 Å². The summed E-state index contributed by atoms with van der Waals surface area (Å²) in [5.41, 5.74) is 7.92. The lowest BCUT2D eigenvalue weighted by molar-refractivity contribution is -0.134. The van der Waals surface area contributed by atoms with Crippen LogP contribution in [0.15, 0.2) is 58.1 Å². The standard InChI is InChI=1S/C30H35N5O5/c1-15(2)27(28(31)36)40-33-26(30(38)39)25-29(37)35(24-10-5-4-9-23(24)32-25)19-11-17-7-6-8-18(12-19)34(17)14-22-20-13-21(22)16(20)3/h4-5,9-10,14-15,17-21,27H,3,6-8,11-13H2,1-2H3,(H2,31,36)(H,38,39)/b22-14?,33-26-/t17-,18+,19?,20?,21?,27?. The van der Waals surface area contributed by atoms with Crippen LogP contribution >= 0.6 is 0 Å². The number of hydrogen-bond acceptors (Lipinski definition) is 7. The quantitative estimate of drug-likeness (QED) is 0.294. The van der Waals surface area contributed by atoms with Crippen molar-refractivity contribution in [1.82, 2.24) is 14.5 Å². The number of rotatable bonds is 8. The Hall–Kier alpha value is -3.95. The lowest BCUT2D eigenvalue weighted by Gasteiger charge is -2.58. The molecule has 3 aliphatic carbocycles. The second-order valence-corrected chi connectivity index (χ2v) is 11.9. The molecule has 1 aromatic carbocycles. The van der Waals surface area contributed by atoms with Gasteiger partial charge >= 0.3 is 5.97 Å². The van der Waals surface area contributed by atoms with E-state index in [-0.39, 0.29) is 17.7 Å². The zero-order valence-corrected chi connectivity index (χ0v) is 22.8. The van der Waals surface area contributed by atoms with E-state index in [0.29, 0.717) is 35.0 Å². The number of nitrogens with two attached hydrogens (primary N) is 1. The summed E-state index contributed by atoms with van der Waals surface area (Å²) >= 11 is 0. The van der Waals surface area contributed by atoms with E-state index in [1.807, 2.05) is 12.1 Å². The number of carbonyl (C=O) groups is 2. The fourth-order valence-electron chi connectivity index (χ4n) is 6.94. The number of primary amides is 1. The number of carboxylic acids is 1. The van der Waals surface area contributed by atoms with Gasteiger partial charge in [0.25, 0.3) is 11.5 Å². The molecule has 10 nitrogen and oxygen atoms in total. The fraction of sp³-hybridized carbons (Fsp3) is 0.500. The number of aromatic nitrogens is 2.